The first-order valence-corrected chi connectivity index (χ1v) is 7.22. The lowest BCUT2D eigenvalue weighted by Crippen LogP contribution is -2.17. The van der Waals surface area contributed by atoms with Crippen LogP contribution in [-0.4, -0.2) is 13.5 Å². The zero-order valence-electron chi connectivity index (χ0n) is 12.1. The first-order valence-electron chi connectivity index (χ1n) is 6.84. The Morgan fingerprint density at radius 2 is 1.96 bits per heavy atom. The lowest BCUT2D eigenvalue weighted by Gasteiger charge is -2.16. The Labute approximate surface area is 136 Å². The van der Waals surface area contributed by atoms with Crippen LogP contribution in [0.25, 0.3) is 0 Å². The molecule has 0 saturated heterocycles. The maximum absolute atomic E-state index is 12.3. The van der Waals surface area contributed by atoms with Gasteiger partial charge in [0.05, 0.1) is 13.2 Å². The van der Waals surface area contributed by atoms with Crippen molar-refractivity contribution in [2.45, 2.75) is 18.8 Å². The topological polar surface area (TPSA) is 30.5 Å². The molecule has 0 aliphatic carbocycles. The van der Waals surface area contributed by atoms with E-state index in [0.29, 0.717) is 17.2 Å². The third-order valence-corrected chi connectivity index (χ3v) is 3.87. The van der Waals surface area contributed by atoms with Crippen molar-refractivity contribution in [2.75, 3.05) is 12.4 Å². The van der Waals surface area contributed by atoms with Gasteiger partial charge in [-0.1, -0.05) is 11.6 Å². The first-order chi connectivity index (χ1) is 10.9. The van der Waals surface area contributed by atoms with E-state index in [1.54, 1.807) is 31.4 Å². The minimum Gasteiger partial charge on any atom is -0.496 e. The summed E-state index contributed by atoms with van der Waals surface area (Å²) in [5, 5.41) is 3.84. The van der Waals surface area contributed by atoms with Gasteiger partial charge in [0.15, 0.2) is 0 Å². The number of alkyl halides is 3. The number of halogens is 4. The van der Waals surface area contributed by atoms with Gasteiger partial charge in [0.25, 0.3) is 0 Å². The molecule has 0 radical (unpaired) electrons. The van der Waals surface area contributed by atoms with Crippen LogP contribution in [-0.2, 0) is 6.42 Å². The molecule has 1 aliphatic rings. The van der Waals surface area contributed by atoms with Gasteiger partial charge in [0, 0.05) is 16.3 Å². The Morgan fingerprint density at radius 3 is 2.65 bits per heavy atom. The molecule has 1 heterocycles. The summed E-state index contributed by atoms with van der Waals surface area (Å²) in [6.07, 6.45) is -4.18. The lowest BCUT2D eigenvalue weighted by molar-refractivity contribution is -0.274. The van der Waals surface area contributed by atoms with Crippen LogP contribution < -0.4 is 14.8 Å². The van der Waals surface area contributed by atoms with Gasteiger partial charge in [-0.3, -0.25) is 0 Å². The Kier molecular flexibility index (Phi) is 4.02. The highest BCUT2D eigenvalue weighted by molar-refractivity contribution is 6.30. The number of benzene rings is 2. The summed E-state index contributed by atoms with van der Waals surface area (Å²) in [4.78, 5) is 0. The number of nitrogens with one attached hydrogen (secondary N) is 1. The van der Waals surface area contributed by atoms with Gasteiger partial charge in [0.1, 0.15) is 11.5 Å². The SMILES string of the molecule is COc1ccc(Cl)cc1C1Cc2cc(OC(F)(F)F)ccc2N1. The predicted octanol–water partition coefficient (Wildman–Crippen LogP) is 4.96. The molecule has 1 atom stereocenters. The van der Waals surface area contributed by atoms with Crippen LogP contribution in [0.4, 0.5) is 18.9 Å². The van der Waals surface area contributed by atoms with Gasteiger partial charge >= 0.3 is 6.36 Å². The van der Waals surface area contributed by atoms with E-state index < -0.39 is 6.36 Å². The Balaban J connectivity index is 1.86. The third-order valence-electron chi connectivity index (χ3n) is 3.63. The van der Waals surface area contributed by atoms with Gasteiger partial charge in [-0.2, -0.15) is 0 Å². The zero-order chi connectivity index (χ0) is 16.6. The Morgan fingerprint density at radius 1 is 1.17 bits per heavy atom. The number of ether oxygens (including phenoxy) is 2. The molecule has 0 bridgehead atoms. The third kappa shape index (κ3) is 3.47. The largest absolute Gasteiger partial charge is 0.573 e. The first kappa shape index (κ1) is 15.8. The van der Waals surface area contributed by atoms with Crippen LogP contribution in [0.15, 0.2) is 36.4 Å². The van der Waals surface area contributed by atoms with Gasteiger partial charge in [-0.25, -0.2) is 0 Å². The number of fused-ring (bicyclic) bond motifs is 1. The van der Waals surface area contributed by atoms with E-state index in [2.05, 4.69) is 10.1 Å². The number of methoxy groups -OCH3 is 1. The maximum atomic E-state index is 12.3. The van der Waals surface area contributed by atoms with E-state index in [1.165, 1.54) is 12.1 Å². The minimum absolute atomic E-state index is 0.125. The molecule has 2 aromatic rings. The second-order valence-electron chi connectivity index (χ2n) is 5.15. The summed E-state index contributed by atoms with van der Waals surface area (Å²) in [5.41, 5.74) is 2.37. The summed E-state index contributed by atoms with van der Waals surface area (Å²) in [7, 11) is 1.56. The molecule has 0 aromatic heterocycles. The van der Waals surface area contributed by atoms with Gasteiger partial charge < -0.3 is 14.8 Å². The van der Waals surface area contributed by atoms with Crippen LogP contribution >= 0.6 is 11.6 Å². The van der Waals surface area contributed by atoms with E-state index in [4.69, 9.17) is 16.3 Å². The van der Waals surface area contributed by atoms with E-state index in [0.717, 1.165) is 16.8 Å². The van der Waals surface area contributed by atoms with Crippen molar-refractivity contribution >= 4 is 17.3 Å². The second-order valence-corrected chi connectivity index (χ2v) is 5.59. The van der Waals surface area contributed by atoms with Crippen LogP contribution in [0.2, 0.25) is 5.02 Å². The number of anilines is 1. The molecule has 7 heteroatoms. The molecule has 23 heavy (non-hydrogen) atoms. The second kappa shape index (κ2) is 5.85. The van der Waals surface area contributed by atoms with Crippen molar-refractivity contribution in [2.24, 2.45) is 0 Å². The molecule has 3 nitrogen and oxygen atoms in total. The molecular weight excluding hydrogens is 331 g/mol. The van der Waals surface area contributed by atoms with Crippen LogP contribution in [0.1, 0.15) is 17.2 Å². The van der Waals surface area contributed by atoms with Crippen molar-refractivity contribution in [1.82, 2.24) is 0 Å². The molecule has 1 unspecified atom stereocenters. The summed E-state index contributed by atoms with van der Waals surface area (Å²) >= 11 is 6.03. The molecule has 0 fully saturated rings. The average molecular weight is 344 g/mol. The molecular formula is C16H13ClF3NO2. The van der Waals surface area contributed by atoms with Crippen molar-refractivity contribution in [3.05, 3.63) is 52.5 Å². The van der Waals surface area contributed by atoms with Gasteiger partial charge in [-0.05, 0) is 48.4 Å². The molecule has 122 valence electrons. The van der Waals surface area contributed by atoms with Crippen LogP contribution in [0, 0.1) is 0 Å². The number of hydrogen-bond donors (Lipinski definition) is 1. The smallest absolute Gasteiger partial charge is 0.496 e. The fourth-order valence-electron chi connectivity index (χ4n) is 2.70. The number of rotatable bonds is 3. The minimum atomic E-state index is -4.70. The summed E-state index contributed by atoms with van der Waals surface area (Å²) in [5.74, 6) is 0.447. The normalized spacial score (nSPS) is 16.7. The molecule has 0 saturated carbocycles. The molecule has 1 N–H and O–H groups in total. The van der Waals surface area contributed by atoms with E-state index in [-0.39, 0.29) is 11.8 Å². The quantitative estimate of drug-likeness (QED) is 0.854. The highest BCUT2D eigenvalue weighted by atomic mass is 35.5. The van der Waals surface area contributed by atoms with Crippen molar-refractivity contribution < 1.29 is 22.6 Å². The summed E-state index contributed by atoms with van der Waals surface area (Å²) in [6.45, 7) is 0. The highest BCUT2D eigenvalue weighted by Crippen LogP contribution is 2.40. The molecule has 0 spiro atoms. The molecule has 0 amide bonds. The van der Waals surface area contributed by atoms with Crippen molar-refractivity contribution in [3.63, 3.8) is 0 Å². The van der Waals surface area contributed by atoms with Crippen molar-refractivity contribution in [1.29, 1.82) is 0 Å². The van der Waals surface area contributed by atoms with E-state index in [9.17, 15) is 13.2 Å². The fourth-order valence-corrected chi connectivity index (χ4v) is 2.88. The van der Waals surface area contributed by atoms with Crippen LogP contribution in [0.3, 0.4) is 0 Å². The average Bonchev–Trinajstić information content (AvgIpc) is 2.88. The van der Waals surface area contributed by atoms with Gasteiger partial charge in [0.2, 0.25) is 0 Å². The highest BCUT2D eigenvalue weighted by Gasteiger charge is 2.32. The molecule has 3 rings (SSSR count). The van der Waals surface area contributed by atoms with Crippen molar-refractivity contribution in [3.8, 4) is 11.5 Å². The summed E-state index contributed by atoms with van der Waals surface area (Å²) in [6, 6.07) is 9.41. The lowest BCUT2D eigenvalue weighted by atomic mass is 10.0. The van der Waals surface area contributed by atoms with E-state index in [1.807, 2.05) is 0 Å². The monoisotopic (exact) mass is 343 g/mol. The zero-order valence-corrected chi connectivity index (χ0v) is 12.8. The molecule has 1 aliphatic heterocycles. The number of hydrogen-bond acceptors (Lipinski definition) is 3. The predicted molar refractivity (Wildman–Crippen MR) is 81.2 cm³/mol. The Hall–Kier alpha value is -2.08. The Bertz CT molecular complexity index is 734. The van der Waals surface area contributed by atoms with E-state index >= 15 is 0 Å². The fraction of sp³-hybridized carbons (Fsp3) is 0.250. The molecule has 2 aromatic carbocycles. The summed E-state index contributed by atoms with van der Waals surface area (Å²) < 4.78 is 46.2. The van der Waals surface area contributed by atoms with Crippen LogP contribution in [0.5, 0.6) is 11.5 Å². The van der Waals surface area contributed by atoms with Gasteiger partial charge in [-0.15, -0.1) is 13.2 Å². The maximum Gasteiger partial charge on any atom is 0.573 e. The standard InChI is InChI=1S/C16H13ClF3NO2/c1-22-15-5-2-10(17)8-12(15)14-7-9-6-11(23-16(18,19)20)3-4-13(9)21-14/h2-6,8,14,21H,7H2,1H3.